The fourth-order valence-corrected chi connectivity index (χ4v) is 2.50. The molecule has 3 nitrogen and oxygen atoms in total. The molecule has 1 unspecified atom stereocenters. The number of nitrogens with zero attached hydrogens (tertiary/aromatic N) is 1. The van der Waals surface area contributed by atoms with Crippen LogP contribution in [0.2, 0.25) is 5.02 Å². The van der Waals surface area contributed by atoms with E-state index in [1.165, 1.54) is 0 Å². The SMILES string of the molecule is O=C1Cc2ccccc2C(c2ncccc2Cl)N1. The number of hydrogen-bond acceptors (Lipinski definition) is 2. The maximum absolute atomic E-state index is 11.7. The van der Waals surface area contributed by atoms with Crippen LogP contribution in [0.4, 0.5) is 0 Å². The lowest BCUT2D eigenvalue weighted by molar-refractivity contribution is -0.121. The summed E-state index contributed by atoms with van der Waals surface area (Å²) in [6.45, 7) is 0. The van der Waals surface area contributed by atoms with Gasteiger partial charge in [0, 0.05) is 6.20 Å². The second-order valence-corrected chi connectivity index (χ2v) is 4.65. The molecule has 1 aromatic heterocycles. The summed E-state index contributed by atoms with van der Waals surface area (Å²) >= 11 is 6.16. The highest BCUT2D eigenvalue weighted by Gasteiger charge is 2.27. The molecule has 0 saturated heterocycles. The fraction of sp³-hybridized carbons (Fsp3) is 0.143. The Bertz CT molecular complexity index is 612. The minimum absolute atomic E-state index is 0.000389. The van der Waals surface area contributed by atoms with Crippen molar-refractivity contribution in [2.45, 2.75) is 12.5 Å². The number of halogens is 1. The molecule has 1 aromatic carbocycles. The molecule has 2 aromatic rings. The van der Waals surface area contributed by atoms with E-state index in [9.17, 15) is 4.79 Å². The van der Waals surface area contributed by atoms with Gasteiger partial charge in [-0.2, -0.15) is 0 Å². The van der Waals surface area contributed by atoms with Crippen LogP contribution in [0, 0.1) is 0 Å². The number of amides is 1. The first kappa shape index (κ1) is 11.2. The number of aromatic nitrogens is 1. The Balaban J connectivity index is 2.13. The number of rotatable bonds is 1. The summed E-state index contributed by atoms with van der Waals surface area (Å²) in [5, 5.41) is 3.51. The minimum atomic E-state index is -0.254. The molecule has 0 aliphatic carbocycles. The number of carbonyl (C=O) groups excluding carboxylic acids is 1. The van der Waals surface area contributed by atoms with Crippen molar-refractivity contribution in [1.29, 1.82) is 0 Å². The molecule has 0 saturated carbocycles. The van der Waals surface area contributed by atoms with E-state index in [4.69, 9.17) is 11.6 Å². The number of hydrogen-bond donors (Lipinski definition) is 1. The standard InChI is InChI=1S/C14H11ClN2O/c15-11-6-3-7-16-14(11)13-10-5-2-1-4-9(10)8-12(18)17-13/h1-7,13H,8H2,(H,17,18). The third kappa shape index (κ3) is 1.87. The molecule has 2 heterocycles. The normalized spacial score (nSPS) is 18.1. The first-order valence-electron chi connectivity index (χ1n) is 5.73. The Kier molecular flexibility index (Phi) is 2.76. The average Bonchev–Trinajstić information content (AvgIpc) is 2.38. The van der Waals surface area contributed by atoms with Crippen LogP contribution in [0.5, 0.6) is 0 Å². The van der Waals surface area contributed by atoms with E-state index >= 15 is 0 Å². The van der Waals surface area contributed by atoms with Crippen molar-refractivity contribution >= 4 is 17.5 Å². The van der Waals surface area contributed by atoms with Crippen LogP contribution in [0.3, 0.4) is 0 Å². The van der Waals surface area contributed by atoms with E-state index in [0.717, 1.165) is 11.1 Å². The third-order valence-corrected chi connectivity index (χ3v) is 3.40. The van der Waals surface area contributed by atoms with Crippen LogP contribution >= 0.6 is 11.6 Å². The third-order valence-electron chi connectivity index (χ3n) is 3.08. The Hall–Kier alpha value is -1.87. The summed E-state index contributed by atoms with van der Waals surface area (Å²) in [7, 11) is 0. The molecule has 1 amide bonds. The van der Waals surface area contributed by atoms with Gasteiger partial charge >= 0.3 is 0 Å². The molecule has 1 atom stereocenters. The van der Waals surface area contributed by atoms with Gasteiger partial charge in [-0.25, -0.2) is 0 Å². The largest absolute Gasteiger partial charge is 0.343 e. The second kappa shape index (κ2) is 4.42. The summed E-state index contributed by atoms with van der Waals surface area (Å²) in [5.74, 6) is 0.000389. The van der Waals surface area contributed by atoms with Crippen LogP contribution in [0.25, 0.3) is 0 Å². The zero-order valence-electron chi connectivity index (χ0n) is 9.56. The molecule has 1 aliphatic rings. The highest BCUT2D eigenvalue weighted by Crippen LogP contribution is 2.31. The summed E-state index contributed by atoms with van der Waals surface area (Å²) in [4.78, 5) is 16.0. The van der Waals surface area contributed by atoms with E-state index in [1.54, 1.807) is 18.3 Å². The van der Waals surface area contributed by atoms with Crippen LogP contribution < -0.4 is 5.32 Å². The molecule has 18 heavy (non-hydrogen) atoms. The highest BCUT2D eigenvalue weighted by molar-refractivity contribution is 6.31. The van der Waals surface area contributed by atoms with E-state index in [0.29, 0.717) is 17.1 Å². The summed E-state index contributed by atoms with van der Waals surface area (Å²) in [6.07, 6.45) is 2.10. The van der Waals surface area contributed by atoms with Gasteiger partial charge in [-0.1, -0.05) is 35.9 Å². The maximum atomic E-state index is 11.7. The Labute approximate surface area is 110 Å². The lowest BCUT2D eigenvalue weighted by Gasteiger charge is -2.26. The topological polar surface area (TPSA) is 42.0 Å². The number of benzene rings is 1. The predicted molar refractivity (Wildman–Crippen MR) is 69.4 cm³/mol. The van der Waals surface area contributed by atoms with Gasteiger partial charge in [-0.3, -0.25) is 9.78 Å². The van der Waals surface area contributed by atoms with Crippen molar-refractivity contribution in [2.24, 2.45) is 0 Å². The van der Waals surface area contributed by atoms with Crippen LogP contribution in [0.15, 0.2) is 42.6 Å². The quantitative estimate of drug-likeness (QED) is 0.854. The predicted octanol–water partition coefficient (Wildman–Crippen LogP) is 2.50. The van der Waals surface area contributed by atoms with Crippen molar-refractivity contribution in [2.75, 3.05) is 0 Å². The lowest BCUT2D eigenvalue weighted by Crippen LogP contribution is -2.36. The van der Waals surface area contributed by atoms with Crippen molar-refractivity contribution in [3.63, 3.8) is 0 Å². The Morgan fingerprint density at radius 2 is 2.06 bits per heavy atom. The lowest BCUT2D eigenvalue weighted by atomic mass is 9.92. The van der Waals surface area contributed by atoms with Crippen LogP contribution in [-0.4, -0.2) is 10.9 Å². The zero-order chi connectivity index (χ0) is 12.5. The van der Waals surface area contributed by atoms with Crippen LogP contribution in [-0.2, 0) is 11.2 Å². The summed E-state index contributed by atoms with van der Waals surface area (Å²) in [6, 6.07) is 11.2. The fourth-order valence-electron chi connectivity index (χ4n) is 2.27. The molecule has 0 radical (unpaired) electrons. The molecular formula is C14H11ClN2O. The Morgan fingerprint density at radius 3 is 2.89 bits per heavy atom. The van der Waals surface area contributed by atoms with Gasteiger partial charge in [0.2, 0.25) is 5.91 Å². The number of nitrogens with one attached hydrogen (secondary N) is 1. The molecule has 4 heteroatoms. The number of carbonyl (C=O) groups is 1. The molecular weight excluding hydrogens is 248 g/mol. The molecule has 1 N–H and O–H groups in total. The molecule has 0 fully saturated rings. The zero-order valence-corrected chi connectivity index (χ0v) is 10.3. The first-order valence-corrected chi connectivity index (χ1v) is 6.11. The van der Waals surface area contributed by atoms with E-state index in [-0.39, 0.29) is 11.9 Å². The number of pyridine rings is 1. The van der Waals surface area contributed by atoms with Crippen molar-refractivity contribution in [1.82, 2.24) is 10.3 Å². The number of fused-ring (bicyclic) bond motifs is 1. The van der Waals surface area contributed by atoms with Gasteiger partial charge in [0.15, 0.2) is 0 Å². The van der Waals surface area contributed by atoms with Gasteiger partial charge in [-0.15, -0.1) is 0 Å². The first-order chi connectivity index (χ1) is 8.75. The van der Waals surface area contributed by atoms with Gasteiger partial charge in [0.1, 0.15) is 0 Å². The molecule has 3 rings (SSSR count). The van der Waals surface area contributed by atoms with Crippen molar-refractivity contribution in [3.8, 4) is 0 Å². The van der Waals surface area contributed by atoms with E-state index in [2.05, 4.69) is 10.3 Å². The van der Waals surface area contributed by atoms with Gasteiger partial charge < -0.3 is 5.32 Å². The molecule has 90 valence electrons. The molecule has 0 bridgehead atoms. The van der Waals surface area contributed by atoms with Crippen molar-refractivity contribution < 1.29 is 4.79 Å². The second-order valence-electron chi connectivity index (χ2n) is 4.25. The summed E-state index contributed by atoms with van der Waals surface area (Å²) in [5.41, 5.74) is 2.80. The highest BCUT2D eigenvalue weighted by atomic mass is 35.5. The summed E-state index contributed by atoms with van der Waals surface area (Å²) < 4.78 is 0. The molecule has 0 spiro atoms. The van der Waals surface area contributed by atoms with Gasteiger partial charge in [0.05, 0.1) is 23.2 Å². The monoisotopic (exact) mass is 258 g/mol. The van der Waals surface area contributed by atoms with Gasteiger partial charge in [-0.05, 0) is 23.3 Å². The Morgan fingerprint density at radius 1 is 1.22 bits per heavy atom. The minimum Gasteiger partial charge on any atom is -0.343 e. The maximum Gasteiger partial charge on any atom is 0.225 e. The van der Waals surface area contributed by atoms with E-state index < -0.39 is 0 Å². The average molecular weight is 259 g/mol. The molecule has 1 aliphatic heterocycles. The van der Waals surface area contributed by atoms with E-state index in [1.807, 2.05) is 24.3 Å². The van der Waals surface area contributed by atoms with Gasteiger partial charge in [0.25, 0.3) is 0 Å². The smallest absolute Gasteiger partial charge is 0.225 e. The van der Waals surface area contributed by atoms with Crippen molar-refractivity contribution in [3.05, 3.63) is 64.4 Å². The van der Waals surface area contributed by atoms with Crippen LogP contribution in [0.1, 0.15) is 22.9 Å².